The molecule has 1 fully saturated rings. The number of nitrogens with two attached hydrogens (primary N) is 1. The van der Waals surface area contributed by atoms with Gasteiger partial charge in [0.15, 0.2) is 11.6 Å². The molecule has 0 spiro atoms. The van der Waals surface area contributed by atoms with E-state index in [2.05, 4.69) is 0 Å². The molecule has 1 aliphatic carbocycles. The van der Waals surface area contributed by atoms with Crippen LogP contribution in [0.3, 0.4) is 0 Å². The molecule has 0 aliphatic heterocycles. The van der Waals surface area contributed by atoms with Crippen molar-refractivity contribution in [2.45, 2.75) is 50.7 Å². The van der Waals surface area contributed by atoms with Crippen molar-refractivity contribution in [1.29, 1.82) is 0 Å². The minimum Gasteiger partial charge on any atom is -0.373 e. The van der Waals surface area contributed by atoms with Crippen molar-refractivity contribution in [2.24, 2.45) is 5.73 Å². The van der Waals surface area contributed by atoms with Crippen LogP contribution in [-0.4, -0.2) is 12.2 Å². The Morgan fingerprint density at radius 2 is 1.95 bits per heavy atom. The average molecular weight is 269 g/mol. The van der Waals surface area contributed by atoms with Gasteiger partial charge in [0.1, 0.15) is 0 Å². The SMILES string of the molecule is CCOC1(C(N)c2cccc(F)c2F)CCCCC1. The van der Waals surface area contributed by atoms with Crippen molar-refractivity contribution in [3.63, 3.8) is 0 Å². The Kier molecular flexibility index (Phi) is 4.53. The van der Waals surface area contributed by atoms with Crippen LogP contribution in [0, 0.1) is 11.6 Å². The smallest absolute Gasteiger partial charge is 0.163 e. The fourth-order valence-corrected chi connectivity index (χ4v) is 3.03. The lowest BCUT2D eigenvalue weighted by molar-refractivity contribution is -0.0837. The summed E-state index contributed by atoms with van der Waals surface area (Å²) in [5.74, 6) is -1.70. The highest BCUT2D eigenvalue weighted by Gasteiger charge is 2.40. The fourth-order valence-electron chi connectivity index (χ4n) is 3.03. The molecule has 1 unspecified atom stereocenters. The second-order valence-electron chi connectivity index (χ2n) is 5.18. The highest BCUT2D eigenvalue weighted by atomic mass is 19.2. The second-order valence-corrected chi connectivity index (χ2v) is 5.18. The topological polar surface area (TPSA) is 35.2 Å². The van der Waals surface area contributed by atoms with Crippen LogP contribution in [-0.2, 0) is 4.74 Å². The van der Waals surface area contributed by atoms with Crippen LogP contribution >= 0.6 is 0 Å². The van der Waals surface area contributed by atoms with E-state index >= 15 is 0 Å². The van der Waals surface area contributed by atoms with Crippen LogP contribution in [0.1, 0.15) is 50.6 Å². The zero-order valence-electron chi connectivity index (χ0n) is 11.3. The van der Waals surface area contributed by atoms with Crippen molar-refractivity contribution >= 4 is 0 Å². The summed E-state index contributed by atoms with van der Waals surface area (Å²) in [6, 6.07) is 3.54. The number of rotatable bonds is 4. The largest absolute Gasteiger partial charge is 0.373 e. The minimum absolute atomic E-state index is 0.218. The lowest BCUT2D eigenvalue weighted by atomic mass is 9.77. The summed E-state index contributed by atoms with van der Waals surface area (Å²) in [6.07, 6.45) is 4.79. The van der Waals surface area contributed by atoms with Gasteiger partial charge in [-0.15, -0.1) is 0 Å². The van der Waals surface area contributed by atoms with E-state index in [-0.39, 0.29) is 5.56 Å². The van der Waals surface area contributed by atoms with E-state index in [1.807, 2.05) is 6.92 Å². The van der Waals surface area contributed by atoms with E-state index in [0.29, 0.717) is 6.61 Å². The molecule has 2 N–H and O–H groups in total. The first-order valence-corrected chi connectivity index (χ1v) is 6.94. The molecule has 2 nitrogen and oxygen atoms in total. The van der Waals surface area contributed by atoms with Gasteiger partial charge in [-0.3, -0.25) is 0 Å². The van der Waals surface area contributed by atoms with Crippen LogP contribution < -0.4 is 5.73 Å². The van der Waals surface area contributed by atoms with Crippen LogP contribution in [0.4, 0.5) is 8.78 Å². The predicted octanol–water partition coefficient (Wildman–Crippen LogP) is 3.70. The maximum atomic E-state index is 13.9. The Balaban J connectivity index is 2.33. The lowest BCUT2D eigenvalue weighted by Crippen LogP contribution is -2.45. The van der Waals surface area contributed by atoms with Crippen LogP contribution in [0.2, 0.25) is 0 Å². The maximum Gasteiger partial charge on any atom is 0.163 e. The van der Waals surface area contributed by atoms with Gasteiger partial charge in [0.25, 0.3) is 0 Å². The van der Waals surface area contributed by atoms with E-state index in [9.17, 15) is 8.78 Å². The number of benzene rings is 1. The zero-order chi connectivity index (χ0) is 13.9. The predicted molar refractivity (Wildman–Crippen MR) is 70.7 cm³/mol. The van der Waals surface area contributed by atoms with Gasteiger partial charge >= 0.3 is 0 Å². The highest BCUT2D eigenvalue weighted by molar-refractivity contribution is 5.25. The van der Waals surface area contributed by atoms with Crippen molar-refractivity contribution in [2.75, 3.05) is 6.61 Å². The lowest BCUT2D eigenvalue weighted by Gasteiger charge is -2.41. The van der Waals surface area contributed by atoms with Gasteiger partial charge in [-0.1, -0.05) is 31.4 Å². The standard InChI is InChI=1S/C15H21F2NO/c1-2-19-15(9-4-3-5-10-15)14(18)11-7-6-8-12(16)13(11)17/h6-8,14H,2-5,9-10,18H2,1H3. The molecule has 1 aromatic carbocycles. The van der Waals surface area contributed by atoms with Crippen molar-refractivity contribution < 1.29 is 13.5 Å². The van der Waals surface area contributed by atoms with Crippen molar-refractivity contribution in [3.8, 4) is 0 Å². The Labute approximate surface area is 112 Å². The molecule has 0 heterocycles. The molecule has 4 heteroatoms. The molecule has 0 bridgehead atoms. The van der Waals surface area contributed by atoms with Gasteiger partial charge in [-0.05, 0) is 25.8 Å². The fraction of sp³-hybridized carbons (Fsp3) is 0.600. The quantitative estimate of drug-likeness (QED) is 0.904. The maximum absolute atomic E-state index is 13.9. The first-order chi connectivity index (χ1) is 9.10. The summed E-state index contributed by atoms with van der Waals surface area (Å²) in [5.41, 5.74) is 5.89. The Hall–Kier alpha value is -1.00. The van der Waals surface area contributed by atoms with Gasteiger partial charge in [0.05, 0.1) is 11.6 Å². The Morgan fingerprint density at radius 3 is 2.58 bits per heavy atom. The van der Waals surface area contributed by atoms with Gasteiger partial charge in [-0.2, -0.15) is 0 Å². The molecule has 0 amide bonds. The van der Waals surface area contributed by atoms with E-state index in [4.69, 9.17) is 10.5 Å². The molecule has 0 saturated heterocycles. The van der Waals surface area contributed by atoms with Gasteiger partial charge < -0.3 is 10.5 Å². The van der Waals surface area contributed by atoms with E-state index < -0.39 is 23.3 Å². The number of ether oxygens (including phenoxy) is 1. The summed E-state index contributed by atoms with van der Waals surface area (Å²) < 4.78 is 33.1. The Morgan fingerprint density at radius 1 is 1.26 bits per heavy atom. The number of hydrogen-bond acceptors (Lipinski definition) is 2. The van der Waals surface area contributed by atoms with E-state index in [1.165, 1.54) is 6.07 Å². The molecular formula is C15H21F2NO. The first-order valence-electron chi connectivity index (χ1n) is 6.94. The van der Waals surface area contributed by atoms with Crippen molar-refractivity contribution in [1.82, 2.24) is 0 Å². The number of hydrogen-bond donors (Lipinski definition) is 1. The van der Waals surface area contributed by atoms with Crippen LogP contribution in [0.25, 0.3) is 0 Å². The normalized spacial score (nSPS) is 20.2. The van der Waals surface area contributed by atoms with Crippen LogP contribution in [0.15, 0.2) is 18.2 Å². The van der Waals surface area contributed by atoms with Crippen molar-refractivity contribution in [3.05, 3.63) is 35.4 Å². The van der Waals surface area contributed by atoms with Crippen LogP contribution in [0.5, 0.6) is 0 Å². The second kappa shape index (κ2) is 5.97. The third-order valence-corrected chi connectivity index (χ3v) is 4.02. The molecule has 2 rings (SSSR count). The summed E-state index contributed by atoms with van der Waals surface area (Å²) in [6.45, 7) is 2.44. The van der Waals surface area contributed by atoms with E-state index in [0.717, 1.165) is 38.2 Å². The third kappa shape index (κ3) is 2.79. The van der Waals surface area contributed by atoms with Gasteiger partial charge in [0, 0.05) is 12.2 Å². The molecule has 1 aromatic rings. The molecule has 1 atom stereocenters. The molecule has 0 radical (unpaired) electrons. The average Bonchev–Trinajstić information content (AvgIpc) is 2.42. The first kappa shape index (κ1) is 14.4. The highest BCUT2D eigenvalue weighted by Crippen LogP contribution is 2.41. The zero-order valence-corrected chi connectivity index (χ0v) is 11.3. The summed E-state index contributed by atoms with van der Waals surface area (Å²) in [5, 5.41) is 0. The number of halogens is 2. The van der Waals surface area contributed by atoms with Gasteiger partial charge in [0.2, 0.25) is 0 Å². The molecule has 1 aliphatic rings. The molecule has 106 valence electrons. The van der Waals surface area contributed by atoms with E-state index in [1.54, 1.807) is 6.07 Å². The summed E-state index contributed by atoms with van der Waals surface area (Å²) in [4.78, 5) is 0. The monoisotopic (exact) mass is 269 g/mol. The molecular weight excluding hydrogens is 248 g/mol. The Bertz CT molecular complexity index is 425. The molecule has 0 aromatic heterocycles. The van der Waals surface area contributed by atoms with Gasteiger partial charge in [-0.25, -0.2) is 8.78 Å². The molecule has 19 heavy (non-hydrogen) atoms. The summed E-state index contributed by atoms with van der Waals surface area (Å²) in [7, 11) is 0. The third-order valence-electron chi connectivity index (χ3n) is 4.02. The minimum atomic E-state index is -0.851. The molecule has 1 saturated carbocycles. The summed E-state index contributed by atoms with van der Waals surface area (Å²) >= 11 is 0.